The molecule has 0 aliphatic carbocycles. The number of aromatic nitrogens is 4. The number of halogens is 1. The normalized spacial score (nSPS) is 18.6. The maximum atomic E-state index is 5.71. The van der Waals surface area contributed by atoms with Crippen LogP contribution in [0, 0.1) is 0 Å². The third kappa shape index (κ3) is 4.38. The zero-order valence-corrected chi connectivity index (χ0v) is 22.7. The van der Waals surface area contributed by atoms with Gasteiger partial charge in [0.25, 0.3) is 0 Å². The number of benzene rings is 1. The lowest BCUT2D eigenvalue weighted by atomic mass is 9.79. The van der Waals surface area contributed by atoms with E-state index in [2.05, 4.69) is 93.0 Å². The van der Waals surface area contributed by atoms with Crippen LogP contribution in [0.2, 0.25) is 0 Å². The molecule has 0 unspecified atom stereocenters. The van der Waals surface area contributed by atoms with Crippen LogP contribution < -0.4 is 9.64 Å². The third-order valence-electron chi connectivity index (χ3n) is 6.27. The van der Waals surface area contributed by atoms with Crippen LogP contribution in [0.5, 0.6) is 5.75 Å². The van der Waals surface area contributed by atoms with Crippen molar-refractivity contribution < 1.29 is 4.74 Å². The minimum Gasteiger partial charge on any atom is -0.496 e. The highest BCUT2D eigenvalue weighted by Gasteiger charge is 2.45. The number of hydrogen-bond acceptors (Lipinski definition) is 7. The molecular formula is C23H31IN6OS. The number of hydrogen-bond donors (Lipinski definition) is 0. The van der Waals surface area contributed by atoms with Gasteiger partial charge in [0, 0.05) is 65.8 Å². The molecule has 0 spiro atoms. The van der Waals surface area contributed by atoms with E-state index in [-0.39, 0.29) is 11.1 Å². The lowest BCUT2D eigenvalue weighted by Gasteiger charge is -2.53. The topological polar surface area (TPSA) is 59.3 Å². The van der Waals surface area contributed by atoms with E-state index in [1.165, 1.54) is 0 Å². The van der Waals surface area contributed by atoms with E-state index >= 15 is 0 Å². The van der Waals surface area contributed by atoms with E-state index in [9.17, 15) is 0 Å². The lowest BCUT2D eigenvalue weighted by molar-refractivity contribution is 0.0724. The summed E-state index contributed by atoms with van der Waals surface area (Å²) in [7, 11) is 5.76. The highest BCUT2D eigenvalue weighted by molar-refractivity contribution is 14.1. The molecule has 1 aromatic carbocycles. The van der Waals surface area contributed by atoms with Crippen molar-refractivity contribution in [2.24, 2.45) is 7.05 Å². The van der Waals surface area contributed by atoms with E-state index in [0.29, 0.717) is 6.04 Å². The number of rotatable bonds is 5. The standard InChI is InChI=1S/C23H31IN6OS/c1-22(2)11-17(12-23(3,4)30(22)24)29(6)21-27-26-20(32-21)18-9-8-15(10-19(18)31-7)16-13-25-28(5)14-16/h8-10,13-14,17H,11-12H2,1-7H3. The molecule has 9 heteroatoms. The van der Waals surface area contributed by atoms with Crippen LogP contribution in [-0.2, 0) is 7.05 Å². The van der Waals surface area contributed by atoms with Gasteiger partial charge in [-0.25, -0.2) is 3.11 Å². The summed E-state index contributed by atoms with van der Waals surface area (Å²) in [5, 5.41) is 15.2. The lowest BCUT2D eigenvalue weighted by Crippen LogP contribution is -2.59. The number of aryl methyl sites for hydroxylation is 1. The number of nitrogens with zero attached hydrogens (tertiary/aromatic N) is 6. The largest absolute Gasteiger partial charge is 0.496 e. The smallest absolute Gasteiger partial charge is 0.208 e. The summed E-state index contributed by atoms with van der Waals surface area (Å²) in [6, 6.07) is 6.59. The molecule has 1 aliphatic heterocycles. The van der Waals surface area contributed by atoms with Gasteiger partial charge in [0.15, 0.2) is 5.01 Å². The first kappa shape index (κ1) is 23.4. The van der Waals surface area contributed by atoms with Crippen molar-refractivity contribution in [2.45, 2.75) is 57.7 Å². The van der Waals surface area contributed by atoms with Crippen LogP contribution in [-0.4, -0.2) is 54.4 Å². The summed E-state index contributed by atoms with van der Waals surface area (Å²) in [5.74, 6) is 0.789. The van der Waals surface area contributed by atoms with Gasteiger partial charge in [0.1, 0.15) is 5.75 Å². The highest BCUT2D eigenvalue weighted by atomic mass is 127. The first-order valence-electron chi connectivity index (χ1n) is 10.7. The molecule has 32 heavy (non-hydrogen) atoms. The number of ether oxygens (including phenoxy) is 1. The van der Waals surface area contributed by atoms with E-state index in [0.717, 1.165) is 45.4 Å². The van der Waals surface area contributed by atoms with Crippen molar-refractivity contribution in [3.05, 3.63) is 30.6 Å². The van der Waals surface area contributed by atoms with E-state index in [1.807, 2.05) is 25.5 Å². The van der Waals surface area contributed by atoms with Crippen LogP contribution in [0.25, 0.3) is 21.7 Å². The Morgan fingerprint density at radius 2 is 1.81 bits per heavy atom. The summed E-state index contributed by atoms with van der Waals surface area (Å²) in [5.41, 5.74) is 3.30. The van der Waals surface area contributed by atoms with Crippen molar-refractivity contribution >= 4 is 39.3 Å². The zero-order chi connectivity index (χ0) is 23.3. The molecule has 7 nitrogen and oxygen atoms in total. The Bertz CT molecular complexity index is 1090. The molecule has 1 aliphatic rings. The maximum Gasteiger partial charge on any atom is 0.208 e. The minimum absolute atomic E-state index is 0.111. The van der Waals surface area contributed by atoms with Gasteiger partial charge in [-0.05, 0) is 58.2 Å². The molecule has 0 bridgehead atoms. The minimum atomic E-state index is 0.111. The van der Waals surface area contributed by atoms with Gasteiger partial charge >= 0.3 is 0 Å². The van der Waals surface area contributed by atoms with Crippen molar-refractivity contribution in [1.29, 1.82) is 0 Å². The molecule has 172 valence electrons. The second-order valence-electron chi connectivity index (χ2n) is 9.79. The Hall–Kier alpha value is -1.72. The molecule has 0 atom stereocenters. The van der Waals surface area contributed by atoms with Gasteiger partial charge in [-0.3, -0.25) is 4.68 Å². The molecule has 1 saturated heterocycles. The summed E-state index contributed by atoms with van der Waals surface area (Å²) in [6.45, 7) is 9.28. The van der Waals surface area contributed by atoms with Crippen LogP contribution in [0.3, 0.4) is 0 Å². The van der Waals surface area contributed by atoms with E-state index in [1.54, 1.807) is 23.1 Å². The highest BCUT2D eigenvalue weighted by Crippen LogP contribution is 2.44. The quantitative estimate of drug-likeness (QED) is 0.304. The second-order valence-corrected chi connectivity index (χ2v) is 11.7. The van der Waals surface area contributed by atoms with Gasteiger partial charge in [0.05, 0.1) is 18.9 Å². The third-order valence-corrected chi connectivity index (χ3v) is 9.93. The van der Waals surface area contributed by atoms with Crippen LogP contribution in [0.4, 0.5) is 5.13 Å². The van der Waals surface area contributed by atoms with Gasteiger partial charge in [-0.1, -0.05) is 17.4 Å². The molecule has 4 rings (SSSR count). The summed E-state index contributed by atoms with van der Waals surface area (Å²) in [6.07, 6.45) is 6.01. The predicted octanol–water partition coefficient (Wildman–Crippen LogP) is 5.42. The fourth-order valence-electron chi connectivity index (χ4n) is 4.72. The summed E-state index contributed by atoms with van der Waals surface area (Å²) in [4.78, 5) is 2.31. The number of methoxy groups -OCH3 is 1. The summed E-state index contributed by atoms with van der Waals surface area (Å²) < 4.78 is 9.99. The van der Waals surface area contributed by atoms with E-state index in [4.69, 9.17) is 4.74 Å². The van der Waals surface area contributed by atoms with Crippen LogP contribution in [0.15, 0.2) is 30.6 Å². The average molecular weight is 567 g/mol. The van der Waals surface area contributed by atoms with Crippen LogP contribution in [0.1, 0.15) is 40.5 Å². The van der Waals surface area contributed by atoms with Crippen molar-refractivity contribution in [2.75, 3.05) is 19.1 Å². The zero-order valence-electron chi connectivity index (χ0n) is 19.8. The Morgan fingerprint density at radius 3 is 2.41 bits per heavy atom. The molecule has 0 N–H and O–H groups in total. The second kappa shape index (κ2) is 8.57. The first-order valence-corrected chi connectivity index (χ1v) is 12.5. The van der Waals surface area contributed by atoms with Gasteiger partial charge in [-0.2, -0.15) is 5.10 Å². The van der Waals surface area contributed by atoms with Gasteiger partial charge < -0.3 is 9.64 Å². The fraction of sp³-hybridized carbons (Fsp3) is 0.522. The van der Waals surface area contributed by atoms with Gasteiger partial charge in [-0.15, -0.1) is 10.2 Å². The molecule has 0 radical (unpaired) electrons. The molecule has 1 fully saturated rings. The number of anilines is 1. The molecule has 3 aromatic rings. The van der Waals surface area contributed by atoms with Crippen molar-refractivity contribution in [3.63, 3.8) is 0 Å². The molecule has 2 aromatic heterocycles. The van der Waals surface area contributed by atoms with Crippen molar-refractivity contribution in [3.8, 4) is 27.4 Å². The molecule has 0 amide bonds. The molecule has 3 heterocycles. The van der Waals surface area contributed by atoms with Gasteiger partial charge in [0.2, 0.25) is 5.13 Å². The molecular weight excluding hydrogens is 535 g/mol. The number of piperidine rings is 1. The SMILES string of the molecule is COc1cc(-c2cnn(C)c2)ccc1-c1nnc(N(C)C2CC(C)(C)N(I)C(C)(C)C2)s1. The average Bonchev–Trinajstić information content (AvgIpc) is 3.40. The predicted molar refractivity (Wildman–Crippen MR) is 140 cm³/mol. The summed E-state index contributed by atoms with van der Waals surface area (Å²) >= 11 is 4.10. The Kier molecular flexibility index (Phi) is 6.28. The fourth-order valence-corrected chi connectivity index (χ4v) is 6.02. The first-order chi connectivity index (χ1) is 15.0. The Labute approximate surface area is 208 Å². The van der Waals surface area contributed by atoms with Crippen LogP contribution >= 0.6 is 34.2 Å². The van der Waals surface area contributed by atoms with Crippen molar-refractivity contribution in [1.82, 2.24) is 23.1 Å². The maximum absolute atomic E-state index is 5.71. The monoisotopic (exact) mass is 566 g/mol. The Balaban J connectivity index is 1.60. The van der Waals surface area contributed by atoms with E-state index < -0.39 is 0 Å². The molecule has 0 saturated carbocycles. The Morgan fingerprint density at radius 1 is 1.12 bits per heavy atom.